The van der Waals surface area contributed by atoms with Gasteiger partial charge in [-0.05, 0) is 38.5 Å². The van der Waals surface area contributed by atoms with Crippen molar-refractivity contribution in [1.82, 2.24) is 10.2 Å². The van der Waals surface area contributed by atoms with Gasteiger partial charge in [-0.2, -0.15) is 0 Å². The molecular formula is C13H25N3O2. The first-order valence-corrected chi connectivity index (χ1v) is 7.09. The molecule has 0 bridgehead atoms. The molecule has 0 aromatic carbocycles. The van der Waals surface area contributed by atoms with Gasteiger partial charge in [0.15, 0.2) is 0 Å². The normalized spacial score (nSPS) is 31.2. The number of rotatable bonds is 3. The number of piperidine rings is 1. The Morgan fingerprint density at radius 3 is 2.67 bits per heavy atom. The van der Waals surface area contributed by atoms with Crippen molar-refractivity contribution < 1.29 is 9.90 Å². The van der Waals surface area contributed by atoms with E-state index in [1.165, 1.54) is 0 Å². The summed E-state index contributed by atoms with van der Waals surface area (Å²) in [5.74, 6) is 0.0876. The molecule has 5 heteroatoms. The predicted octanol–water partition coefficient (Wildman–Crippen LogP) is -0.171. The highest BCUT2D eigenvalue weighted by Gasteiger charge is 2.23. The second-order valence-corrected chi connectivity index (χ2v) is 5.70. The lowest BCUT2D eigenvalue weighted by molar-refractivity contribution is -0.123. The second kappa shape index (κ2) is 6.50. The average molecular weight is 255 g/mol. The van der Waals surface area contributed by atoms with Crippen LogP contribution < -0.4 is 11.1 Å². The smallest absolute Gasteiger partial charge is 0.234 e. The Morgan fingerprint density at radius 2 is 2.00 bits per heavy atom. The quantitative estimate of drug-likeness (QED) is 0.654. The fourth-order valence-electron chi connectivity index (χ4n) is 2.88. The van der Waals surface area contributed by atoms with E-state index in [4.69, 9.17) is 5.73 Å². The van der Waals surface area contributed by atoms with Crippen molar-refractivity contribution in [3.05, 3.63) is 0 Å². The van der Waals surface area contributed by atoms with Gasteiger partial charge in [-0.25, -0.2) is 0 Å². The summed E-state index contributed by atoms with van der Waals surface area (Å²) in [6.45, 7) is 2.31. The summed E-state index contributed by atoms with van der Waals surface area (Å²) < 4.78 is 0. The summed E-state index contributed by atoms with van der Waals surface area (Å²) in [4.78, 5) is 14.1. The standard InChI is InChI=1S/C13H25N3O2/c14-10-4-6-16(7-5-10)9-13(18)15-11-2-1-3-12(17)8-11/h10-12,17H,1-9,14H2,(H,15,18). The lowest BCUT2D eigenvalue weighted by Crippen LogP contribution is -2.47. The number of nitrogens with two attached hydrogens (primary N) is 1. The van der Waals surface area contributed by atoms with Crippen molar-refractivity contribution in [1.29, 1.82) is 0 Å². The van der Waals surface area contributed by atoms with E-state index in [0.29, 0.717) is 19.0 Å². The van der Waals surface area contributed by atoms with Crippen molar-refractivity contribution in [2.75, 3.05) is 19.6 Å². The molecule has 104 valence electrons. The summed E-state index contributed by atoms with van der Waals surface area (Å²) >= 11 is 0. The Bertz CT molecular complexity index is 277. The molecule has 1 heterocycles. The van der Waals surface area contributed by atoms with Crippen LogP contribution in [0.5, 0.6) is 0 Å². The highest BCUT2D eigenvalue weighted by atomic mass is 16.3. The molecule has 18 heavy (non-hydrogen) atoms. The molecule has 1 saturated heterocycles. The number of carbonyl (C=O) groups excluding carboxylic acids is 1. The molecule has 2 unspecified atom stereocenters. The number of hydrogen-bond donors (Lipinski definition) is 3. The van der Waals surface area contributed by atoms with Gasteiger partial charge >= 0.3 is 0 Å². The monoisotopic (exact) mass is 255 g/mol. The molecule has 2 atom stereocenters. The van der Waals surface area contributed by atoms with Crippen LogP contribution in [0.3, 0.4) is 0 Å². The maximum Gasteiger partial charge on any atom is 0.234 e. The van der Waals surface area contributed by atoms with Crippen LogP contribution in [-0.2, 0) is 4.79 Å². The van der Waals surface area contributed by atoms with E-state index in [-0.39, 0.29) is 18.1 Å². The summed E-state index contributed by atoms with van der Waals surface area (Å²) in [6, 6.07) is 0.464. The first-order valence-electron chi connectivity index (χ1n) is 7.09. The van der Waals surface area contributed by atoms with Crippen LogP contribution in [-0.4, -0.2) is 53.7 Å². The number of aliphatic hydroxyl groups is 1. The molecule has 0 aromatic rings. The van der Waals surface area contributed by atoms with Gasteiger partial charge in [0.2, 0.25) is 5.91 Å². The third-order valence-electron chi connectivity index (χ3n) is 4.01. The van der Waals surface area contributed by atoms with E-state index in [1.54, 1.807) is 0 Å². The van der Waals surface area contributed by atoms with E-state index in [0.717, 1.165) is 45.2 Å². The molecule has 0 radical (unpaired) electrons. The number of nitrogens with zero attached hydrogens (tertiary/aromatic N) is 1. The molecule has 2 aliphatic rings. The molecular weight excluding hydrogens is 230 g/mol. The highest BCUT2D eigenvalue weighted by Crippen LogP contribution is 2.18. The minimum atomic E-state index is -0.239. The number of nitrogens with one attached hydrogen (secondary N) is 1. The van der Waals surface area contributed by atoms with Gasteiger partial charge in [0.1, 0.15) is 0 Å². The van der Waals surface area contributed by atoms with Crippen LogP contribution in [0.15, 0.2) is 0 Å². The summed E-state index contributed by atoms with van der Waals surface area (Å²) in [5, 5.41) is 12.6. The fraction of sp³-hybridized carbons (Fsp3) is 0.923. The van der Waals surface area contributed by atoms with Crippen molar-refractivity contribution in [3.63, 3.8) is 0 Å². The molecule has 2 rings (SSSR count). The van der Waals surface area contributed by atoms with Crippen molar-refractivity contribution in [3.8, 4) is 0 Å². The van der Waals surface area contributed by atoms with E-state index in [9.17, 15) is 9.90 Å². The third-order valence-corrected chi connectivity index (χ3v) is 4.01. The number of amides is 1. The number of aliphatic hydroxyl groups excluding tert-OH is 1. The summed E-state index contributed by atoms with van der Waals surface area (Å²) in [5.41, 5.74) is 5.84. The maximum atomic E-state index is 11.9. The molecule has 0 aromatic heterocycles. The predicted molar refractivity (Wildman–Crippen MR) is 70.1 cm³/mol. The van der Waals surface area contributed by atoms with Gasteiger partial charge in [0, 0.05) is 25.2 Å². The summed E-state index contributed by atoms with van der Waals surface area (Å²) in [7, 11) is 0. The maximum absolute atomic E-state index is 11.9. The zero-order valence-electron chi connectivity index (χ0n) is 11.0. The number of hydrogen-bond acceptors (Lipinski definition) is 4. The third kappa shape index (κ3) is 4.23. The zero-order chi connectivity index (χ0) is 13.0. The Morgan fingerprint density at radius 1 is 1.28 bits per heavy atom. The minimum Gasteiger partial charge on any atom is -0.393 e. The van der Waals surface area contributed by atoms with Gasteiger partial charge in [-0.1, -0.05) is 0 Å². The molecule has 0 spiro atoms. The SMILES string of the molecule is NC1CCN(CC(=O)NC2CCCC(O)C2)CC1. The molecule has 1 aliphatic heterocycles. The lowest BCUT2D eigenvalue weighted by atomic mass is 9.93. The molecule has 1 amide bonds. The number of carbonyl (C=O) groups is 1. The Balaban J connectivity index is 1.68. The topological polar surface area (TPSA) is 78.6 Å². The van der Waals surface area contributed by atoms with Crippen LogP contribution in [0.1, 0.15) is 38.5 Å². The van der Waals surface area contributed by atoms with Crippen LogP contribution in [0, 0.1) is 0 Å². The highest BCUT2D eigenvalue weighted by molar-refractivity contribution is 5.78. The summed E-state index contributed by atoms with van der Waals surface area (Å²) in [6.07, 6.45) is 5.30. The van der Waals surface area contributed by atoms with Gasteiger partial charge in [-0.15, -0.1) is 0 Å². The first kappa shape index (κ1) is 13.8. The largest absolute Gasteiger partial charge is 0.393 e. The van der Waals surface area contributed by atoms with Gasteiger partial charge in [-0.3, -0.25) is 9.69 Å². The van der Waals surface area contributed by atoms with E-state index < -0.39 is 0 Å². The molecule has 4 N–H and O–H groups in total. The Labute approximate surface area is 109 Å². The Hall–Kier alpha value is -0.650. The van der Waals surface area contributed by atoms with E-state index in [1.807, 2.05) is 0 Å². The van der Waals surface area contributed by atoms with E-state index in [2.05, 4.69) is 10.2 Å². The Kier molecular flexibility index (Phi) is 4.97. The van der Waals surface area contributed by atoms with Crippen LogP contribution >= 0.6 is 0 Å². The van der Waals surface area contributed by atoms with Crippen molar-refractivity contribution >= 4 is 5.91 Å². The lowest BCUT2D eigenvalue weighted by Gasteiger charge is -2.31. The van der Waals surface area contributed by atoms with Crippen LogP contribution in [0.25, 0.3) is 0 Å². The minimum absolute atomic E-state index is 0.0876. The van der Waals surface area contributed by atoms with E-state index >= 15 is 0 Å². The zero-order valence-corrected chi connectivity index (χ0v) is 11.0. The molecule has 2 fully saturated rings. The van der Waals surface area contributed by atoms with Gasteiger partial charge < -0.3 is 16.2 Å². The second-order valence-electron chi connectivity index (χ2n) is 5.70. The fourth-order valence-corrected chi connectivity index (χ4v) is 2.88. The van der Waals surface area contributed by atoms with Gasteiger partial charge in [0.05, 0.1) is 12.6 Å². The first-order chi connectivity index (χ1) is 8.63. The van der Waals surface area contributed by atoms with Crippen molar-refractivity contribution in [2.24, 2.45) is 5.73 Å². The van der Waals surface area contributed by atoms with Crippen LogP contribution in [0.2, 0.25) is 0 Å². The van der Waals surface area contributed by atoms with Gasteiger partial charge in [0.25, 0.3) is 0 Å². The number of likely N-dealkylation sites (tertiary alicyclic amines) is 1. The van der Waals surface area contributed by atoms with Crippen molar-refractivity contribution in [2.45, 2.75) is 56.7 Å². The van der Waals surface area contributed by atoms with Crippen LogP contribution in [0.4, 0.5) is 0 Å². The molecule has 5 nitrogen and oxygen atoms in total. The molecule has 1 aliphatic carbocycles. The average Bonchev–Trinajstić information content (AvgIpc) is 2.32. The molecule has 1 saturated carbocycles.